The minimum Gasteiger partial charge on any atom is -0.352 e. The first-order valence-electron chi connectivity index (χ1n) is 7.14. The Labute approximate surface area is 131 Å². The van der Waals surface area contributed by atoms with Gasteiger partial charge < -0.3 is 5.32 Å². The van der Waals surface area contributed by atoms with E-state index in [0.717, 1.165) is 16.0 Å². The molecule has 1 aliphatic heterocycles. The van der Waals surface area contributed by atoms with Crippen LogP contribution < -0.4 is 10.2 Å². The number of carbonyl (C=O) groups excluding carboxylic acids is 3. The van der Waals surface area contributed by atoms with Gasteiger partial charge in [0, 0.05) is 24.9 Å². The number of amides is 3. The Hall–Kier alpha value is -2.28. The third-order valence-corrected chi connectivity index (χ3v) is 4.42. The van der Waals surface area contributed by atoms with E-state index in [1.165, 1.54) is 11.3 Å². The van der Waals surface area contributed by atoms with E-state index in [1.54, 1.807) is 18.2 Å². The Kier molecular flexibility index (Phi) is 3.89. The Morgan fingerprint density at radius 3 is 2.73 bits per heavy atom. The fraction of sp³-hybridized carbons (Fsp3) is 0.333. The lowest BCUT2D eigenvalue weighted by molar-refractivity contribution is -0.121. The smallest absolute Gasteiger partial charge is 0.251 e. The van der Waals surface area contributed by atoms with Crippen molar-refractivity contribution in [2.45, 2.75) is 26.2 Å². The molecule has 114 valence electrons. The second kappa shape index (κ2) is 5.84. The first-order valence-corrected chi connectivity index (χ1v) is 7.96. The molecule has 1 fully saturated rings. The van der Waals surface area contributed by atoms with Gasteiger partial charge in [0.25, 0.3) is 5.91 Å². The molecule has 1 aromatic heterocycles. The third kappa shape index (κ3) is 2.59. The highest BCUT2D eigenvalue weighted by molar-refractivity contribution is 7.22. The summed E-state index contributed by atoms with van der Waals surface area (Å²) in [5, 5.41) is 3.20. The molecule has 0 bridgehead atoms. The molecule has 1 saturated heterocycles. The van der Waals surface area contributed by atoms with Crippen LogP contribution >= 0.6 is 11.3 Å². The zero-order valence-corrected chi connectivity index (χ0v) is 12.9. The second-order valence-electron chi connectivity index (χ2n) is 5.06. The maximum absolute atomic E-state index is 12.0. The summed E-state index contributed by atoms with van der Waals surface area (Å²) in [6, 6.07) is 5.18. The molecule has 0 spiro atoms. The Bertz CT molecular complexity index is 752. The molecule has 0 radical (unpaired) electrons. The highest BCUT2D eigenvalue weighted by Gasteiger charge is 2.32. The van der Waals surface area contributed by atoms with Crippen molar-refractivity contribution in [3.8, 4) is 0 Å². The largest absolute Gasteiger partial charge is 0.352 e. The summed E-state index contributed by atoms with van der Waals surface area (Å²) < 4.78 is 0.784. The molecular weight excluding hydrogens is 302 g/mol. The van der Waals surface area contributed by atoms with Crippen LogP contribution in [0.2, 0.25) is 0 Å². The molecule has 6 nitrogen and oxygen atoms in total. The quantitative estimate of drug-likeness (QED) is 0.876. The van der Waals surface area contributed by atoms with Crippen LogP contribution in [-0.4, -0.2) is 29.3 Å². The summed E-state index contributed by atoms with van der Waals surface area (Å²) in [5.41, 5.74) is 1.23. The molecule has 0 aliphatic carbocycles. The third-order valence-electron chi connectivity index (χ3n) is 3.42. The SMILES string of the molecule is CCCNC(=O)c1ccc2nc(N3C(=O)CCC3=O)sc2c1. The predicted octanol–water partition coefficient (Wildman–Crippen LogP) is 2.09. The van der Waals surface area contributed by atoms with Crippen molar-refractivity contribution in [3.63, 3.8) is 0 Å². The van der Waals surface area contributed by atoms with Crippen LogP contribution in [0.5, 0.6) is 0 Å². The molecule has 0 unspecified atom stereocenters. The second-order valence-corrected chi connectivity index (χ2v) is 6.07. The number of thiazole rings is 1. The first kappa shape index (κ1) is 14.6. The van der Waals surface area contributed by atoms with Gasteiger partial charge in [0.15, 0.2) is 5.13 Å². The van der Waals surface area contributed by atoms with Crippen molar-refractivity contribution in [2.24, 2.45) is 0 Å². The van der Waals surface area contributed by atoms with Gasteiger partial charge in [0.2, 0.25) is 11.8 Å². The number of hydrogen-bond donors (Lipinski definition) is 1. The van der Waals surface area contributed by atoms with E-state index in [1.807, 2.05) is 6.92 Å². The van der Waals surface area contributed by atoms with Crippen LogP contribution in [0.15, 0.2) is 18.2 Å². The van der Waals surface area contributed by atoms with E-state index >= 15 is 0 Å². The van der Waals surface area contributed by atoms with Gasteiger partial charge >= 0.3 is 0 Å². The van der Waals surface area contributed by atoms with E-state index in [2.05, 4.69) is 10.3 Å². The topological polar surface area (TPSA) is 79.4 Å². The summed E-state index contributed by atoms with van der Waals surface area (Å²) in [7, 11) is 0. The zero-order valence-electron chi connectivity index (χ0n) is 12.1. The Morgan fingerprint density at radius 1 is 1.32 bits per heavy atom. The molecule has 7 heteroatoms. The van der Waals surface area contributed by atoms with Crippen LogP contribution in [0, 0.1) is 0 Å². The van der Waals surface area contributed by atoms with Gasteiger partial charge in [-0.25, -0.2) is 9.88 Å². The Morgan fingerprint density at radius 2 is 2.05 bits per heavy atom. The molecule has 3 amide bonds. The standard InChI is InChI=1S/C15H15N3O3S/c1-2-7-16-14(21)9-3-4-10-11(8-9)22-15(17-10)18-12(19)5-6-13(18)20/h3-4,8H,2,5-7H2,1H3,(H,16,21). The highest BCUT2D eigenvalue weighted by Crippen LogP contribution is 2.32. The van der Waals surface area contributed by atoms with Crippen molar-refractivity contribution in [3.05, 3.63) is 23.8 Å². The highest BCUT2D eigenvalue weighted by atomic mass is 32.1. The average Bonchev–Trinajstić information content (AvgIpc) is 3.06. The van der Waals surface area contributed by atoms with Gasteiger partial charge in [-0.3, -0.25) is 14.4 Å². The summed E-state index contributed by atoms with van der Waals surface area (Å²) in [6.45, 7) is 2.62. The lowest BCUT2D eigenvalue weighted by atomic mass is 10.2. The Balaban J connectivity index is 1.92. The van der Waals surface area contributed by atoms with Gasteiger partial charge in [0.1, 0.15) is 0 Å². The minimum absolute atomic E-state index is 0.132. The fourth-order valence-electron chi connectivity index (χ4n) is 2.28. The molecule has 22 heavy (non-hydrogen) atoms. The normalized spacial score (nSPS) is 14.9. The van der Waals surface area contributed by atoms with Crippen LogP contribution in [0.3, 0.4) is 0 Å². The molecule has 1 aliphatic rings. The number of anilines is 1. The maximum Gasteiger partial charge on any atom is 0.251 e. The molecule has 0 saturated carbocycles. The van der Waals surface area contributed by atoms with E-state index in [0.29, 0.717) is 22.8 Å². The summed E-state index contributed by atoms with van der Waals surface area (Å²) in [6.07, 6.45) is 1.34. The number of hydrogen-bond acceptors (Lipinski definition) is 5. The van der Waals surface area contributed by atoms with Crippen LogP contribution in [0.1, 0.15) is 36.5 Å². The van der Waals surface area contributed by atoms with Crippen molar-refractivity contribution < 1.29 is 14.4 Å². The number of benzene rings is 1. The lowest BCUT2D eigenvalue weighted by Crippen LogP contribution is -2.28. The van der Waals surface area contributed by atoms with Gasteiger partial charge in [-0.15, -0.1) is 0 Å². The minimum atomic E-state index is -0.218. The van der Waals surface area contributed by atoms with E-state index < -0.39 is 0 Å². The van der Waals surface area contributed by atoms with Crippen molar-refractivity contribution in [1.29, 1.82) is 0 Å². The molecule has 0 atom stereocenters. The number of rotatable bonds is 4. The van der Waals surface area contributed by atoms with Crippen molar-refractivity contribution in [2.75, 3.05) is 11.4 Å². The average molecular weight is 317 g/mol. The fourth-order valence-corrected chi connectivity index (χ4v) is 3.32. The van der Waals surface area contributed by atoms with Gasteiger partial charge in [-0.05, 0) is 24.6 Å². The monoisotopic (exact) mass is 317 g/mol. The van der Waals surface area contributed by atoms with Crippen LogP contribution in [-0.2, 0) is 9.59 Å². The number of aromatic nitrogens is 1. The van der Waals surface area contributed by atoms with Crippen LogP contribution in [0.25, 0.3) is 10.2 Å². The first-order chi connectivity index (χ1) is 10.6. The molecular formula is C15H15N3O3S. The zero-order chi connectivity index (χ0) is 15.7. The van der Waals surface area contributed by atoms with Gasteiger partial charge in [-0.1, -0.05) is 18.3 Å². The van der Waals surface area contributed by atoms with Crippen LogP contribution in [0.4, 0.5) is 5.13 Å². The van der Waals surface area contributed by atoms with Crippen molar-refractivity contribution >= 4 is 44.4 Å². The number of fused-ring (bicyclic) bond motifs is 1. The van der Waals surface area contributed by atoms with E-state index in [4.69, 9.17) is 0 Å². The molecule has 1 aromatic carbocycles. The van der Waals surface area contributed by atoms with Gasteiger partial charge in [-0.2, -0.15) is 0 Å². The molecule has 3 rings (SSSR count). The summed E-state index contributed by atoms with van der Waals surface area (Å²) in [5.74, 6) is -0.568. The number of imide groups is 1. The molecule has 2 heterocycles. The number of carbonyl (C=O) groups is 3. The maximum atomic E-state index is 12.0. The lowest BCUT2D eigenvalue weighted by Gasteiger charge is -2.07. The van der Waals surface area contributed by atoms with Crippen molar-refractivity contribution in [1.82, 2.24) is 10.3 Å². The molecule has 1 N–H and O–H groups in total. The number of nitrogens with one attached hydrogen (secondary N) is 1. The van der Waals surface area contributed by atoms with E-state index in [-0.39, 0.29) is 30.6 Å². The van der Waals surface area contributed by atoms with E-state index in [9.17, 15) is 14.4 Å². The molecule has 2 aromatic rings. The summed E-state index contributed by atoms with van der Waals surface area (Å²) >= 11 is 1.25. The van der Waals surface area contributed by atoms with Gasteiger partial charge in [0.05, 0.1) is 10.2 Å². The number of nitrogens with zero attached hydrogens (tertiary/aromatic N) is 2. The predicted molar refractivity (Wildman–Crippen MR) is 84.0 cm³/mol. The summed E-state index contributed by atoms with van der Waals surface area (Å²) in [4.78, 5) is 41.0.